The van der Waals surface area contributed by atoms with E-state index in [9.17, 15) is 0 Å². The van der Waals surface area contributed by atoms with Crippen molar-refractivity contribution in [2.75, 3.05) is 11.9 Å². The molecule has 1 saturated carbocycles. The van der Waals surface area contributed by atoms with Crippen LogP contribution in [0.1, 0.15) is 44.6 Å². The first-order valence-electron chi connectivity index (χ1n) is 7.40. The van der Waals surface area contributed by atoms with Crippen LogP contribution in [-0.4, -0.2) is 18.2 Å². The summed E-state index contributed by atoms with van der Waals surface area (Å²) in [5.74, 6) is 0. The smallest absolute Gasteiger partial charge is 0.0702 e. The van der Waals surface area contributed by atoms with Gasteiger partial charge in [-0.2, -0.15) is 0 Å². The van der Waals surface area contributed by atoms with Gasteiger partial charge in [-0.15, -0.1) is 0 Å². The Morgan fingerprint density at radius 2 is 2.26 bits per heavy atom. The molecule has 1 saturated heterocycles. The number of halogens is 1. The van der Waals surface area contributed by atoms with Crippen molar-refractivity contribution in [3.05, 3.63) is 28.2 Å². The number of aryl methyl sites for hydroxylation is 1. The standard InChI is InChI=1S/C16H22BrNO/c1-2-12-10-13(17)4-5-15(12)18-14-6-9-19-16(11-14)7-3-8-16/h4-5,10,14,18H,2-3,6-9,11H2,1H3. The average Bonchev–Trinajstić information content (AvgIpc) is 2.39. The van der Waals surface area contributed by atoms with E-state index in [0.29, 0.717) is 6.04 Å². The predicted octanol–water partition coefficient (Wildman–Crippen LogP) is 4.53. The molecule has 1 aromatic carbocycles. The van der Waals surface area contributed by atoms with Crippen LogP contribution >= 0.6 is 15.9 Å². The van der Waals surface area contributed by atoms with Crippen molar-refractivity contribution in [1.82, 2.24) is 0 Å². The summed E-state index contributed by atoms with van der Waals surface area (Å²) in [4.78, 5) is 0. The van der Waals surface area contributed by atoms with E-state index in [-0.39, 0.29) is 5.60 Å². The van der Waals surface area contributed by atoms with Gasteiger partial charge in [0.05, 0.1) is 5.60 Å². The van der Waals surface area contributed by atoms with Crippen LogP contribution in [0.25, 0.3) is 0 Å². The fraction of sp³-hybridized carbons (Fsp3) is 0.625. The van der Waals surface area contributed by atoms with Crippen molar-refractivity contribution in [3.63, 3.8) is 0 Å². The lowest BCUT2D eigenvalue weighted by atomic mass is 9.74. The molecule has 0 radical (unpaired) electrons. The van der Waals surface area contributed by atoms with Gasteiger partial charge in [-0.1, -0.05) is 22.9 Å². The van der Waals surface area contributed by atoms with Gasteiger partial charge < -0.3 is 10.1 Å². The quantitative estimate of drug-likeness (QED) is 0.882. The normalized spacial score (nSPS) is 25.1. The number of hydrogen-bond acceptors (Lipinski definition) is 2. The molecule has 19 heavy (non-hydrogen) atoms. The Morgan fingerprint density at radius 1 is 1.42 bits per heavy atom. The lowest BCUT2D eigenvalue weighted by molar-refractivity contribution is -0.130. The Kier molecular flexibility index (Phi) is 3.86. The monoisotopic (exact) mass is 323 g/mol. The Balaban J connectivity index is 1.70. The maximum atomic E-state index is 6.00. The fourth-order valence-electron chi connectivity index (χ4n) is 3.29. The van der Waals surface area contributed by atoms with Gasteiger partial charge in [0, 0.05) is 22.8 Å². The summed E-state index contributed by atoms with van der Waals surface area (Å²) < 4.78 is 7.16. The van der Waals surface area contributed by atoms with E-state index in [2.05, 4.69) is 46.4 Å². The third-order valence-corrected chi connectivity index (χ3v) is 5.06. The highest BCUT2D eigenvalue weighted by atomic mass is 79.9. The molecule has 0 bridgehead atoms. The minimum Gasteiger partial charge on any atom is -0.382 e. The number of nitrogens with one attached hydrogen (secondary N) is 1. The number of rotatable bonds is 3. The number of ether oxygens (including phenoxy) is 1. The maximum absolute atomic E-state index is 6.00. The van der Waals surface area contributed by atoms with Crippen molar-refractivity contribution in [1.29, 1.82) is 0 Å². The first kappa shape index (κ1) is 13.4. The van der Waals surface area contributed by atoms with Crippen molar-refractivity contribution in [2.24, 2.45) is 0 Å². The maximum Gasteiger partial charge on any atom is 0.0702 e. The first-order valence-corrected chi connectivity index (χ1v) is 8.19. The van der Waals surface area contributed by atoms with E-state index in [1.54, 1.807) is 0 Å². The second-order valence-corrected chi connectivity index (χ2v) is 6.79. The van der Waals surface area contributed by atoms with E-state index in [4.69, 9.17) is 4.74 Å². The van der Waals surface area contributed by atoms with E-state index in [0.717, 1.165) is 23.9 Å². The Hall–Kier alpha value is -0.540. The third-order valence-electron chi connectivity index (χ3n) is 4.57. The van der Waals surface area contributed by atoms with Crippen LogP contribution in [0.3, 0.4) is 0 Å². The molecule has 104 valence electrons. The SMILES string of the molecule is CCc1cc(Br)ccc1NC1CCOC2(CCC2)C1. The third kappa shape index (κ3) is 2.82. The summed E-state index contributed by atoms with van der Waals surface area (Å²) in [6.07, 6.45) is 7.22. The van der Waals surface area contributed by atoms with Crippen LogP contribution in [0.15, 0.2) is 22.7 Å². The highest BCUT2D eigenvalue weighted by molar-refractivity contribution is 9.10. The second kappa shape index (κ2) is 5.45. The number of hydrogen-bond donors (Lipinski definition) is 1. The molecule has 1 N–H and O–H groups in total. The molecule has 2 nitrogen and oxygen atoms in total. The zero-order chi connectivity index (χ0) is 13.3. The minimum atomic E-state index is 0.220. The zero-order valence-corrected chi connectivity index (χ0v) is 13.1. The Labute approximate surface area is 124 Å². The molecule has 1 aliphatic carbocycles. The molecule has 3 heteroatoms. The fourth-order valence-corrected chi connectivity index (χ4v) is 3.69. The van der Waals surface area contributed by atoms with Crippen molar-refractivity contribution >= 4 is 21.6 Å². The van der Waals surface area contributed by atoms with Gasteiger partial charge in [0.15, 0.2) is 0 Å². The highest BCUT2D eigenvalue weighted by Crippen LogP contribution is 2.43. The summed E-state index contributed by atoms with van der Waals surface area (Å²) in [5, 5.41) is 3.75. The van der Waals surface area contributed by atoms with Gasteiger partial charge in [0.2, 0.25) is 0 Å². The van der Waals surface area contributed by atoms with E-state index < -0.39 is 0 Å². The second-order valence-electron chi connectivity index (χ2n) is 5.87. The van der Waals surface area contributed by atoms with Crippen molar-refractivity contribution in [2.45, 2.75) is 57.1 Å². The van der Waals surface area contributed by atoms with Gasteiger partial charge in [-0.3, -0.25) is 0 Å². The van der Waals surface area contributed by atoms with Crippen LogP contribution in [0.4, 0.5) is 5.69 Å². The van der Waals surface area contributed by atoms with Gasteiger partial charge in [0.1, 0.15) is 0 Å². The molecule has 1 atom stereocenters. The number of benzene rings is 1. The number of anilines is 1. The van der Waals surface area contributed by atoms with Crippen LogP contribution in [-0.2, 0) is 11.2 Å². The van der Waals surface area contributed by atoms with E-state index in [1.807, 2.05) is 0 Å². The molecule has 1 heterocycles. The van der Waals surface area contributed by atoms with Gasteiger partial charge in [0.25, 0.3) is 0 Å². The molecular formula is C16H22BrNO. The van der Waals surface area contributed by atoms with Gasteiger partial charge >= 0.3 is 0 Å². The molecule has 0 aromatic heterocycles. The first-order chi connectivity index (χ1) is 9.21. The van der Waals surface area contributed by atoms with Crippen molar-refractivity contribution in [3.8, 4) is 0 Å². The highest BCUT2D eigenvalue weighted by Gasteiger charge is 2.42. The summed E-state index contributed by atoms with van der Waals surface area (Å²) in [7, 11) is 0. The summed E-state index contributed by atoms with van der Waals surface area (Å²) in [5.41, 5.74) is 2.91. The average molecular weight is 324 g/mol. The summed E-state index contributed by atoms with van der Waals surface area (Å²) in [6.45, 7) is 3.13. The molecule has 1 unspecified atom stereocenters. The van der Waals surface area contributed by atoms with E-state index >= 15 is 0 Å². The molecule has 3 rings (SSSR count). The molecule has 1 spiro atoms. The largest absolute Gasteiger partial charge is 0.382 e. The van der Waals surface area contributed by atoms with Gasteiger partial charge in [-0.05, 0) is 62.3 Å². The lowest BCUT2D eigenvalue weighted by Crippen LogP contribution is -2.49. The zero-order valence-electron chi connectivity index (χ0n) is 11.5. The minimum absolute atomic E-state index is 0.220. The molecule has 2 fully saturated rings. The molecule has 1 aromatic rings. The summed E-state index contributed by atoms with van der Waals surface area (Å²) >= 11 is 3.55. The Morgan fingerprint density at radius 3 is 2.95 bits per heavy atom. The Bertz CT molecular complexity index is 456. The van der Waals surface area contributed by atoms with Crippen LogP contribution in [0.2, 0.25) is 0 Å². The summed E-state index contributed by atoms with van der Waals surface area (Å²) in [6, 6.07) is 7.12. The molecular weight excluding hydrogens is 302 g/mol. The topological polar surface area (TPSA) is 21.3 Å². The lowest BCUT2D eigenvalue weighted by Gasteiger charge is -2.47. The molecule has 2 aliphatic rings. The van der Waals surface area contributed by atoms with Crippen LogP contribution in [0.5, 0.6) is 0 Å². The van der Waals surface area contributed by atoms with Crippen LogP contribution in [0, 0.1) is 0 Å². The molecule has 1 aliphatic heterocycles. The van der Waals surface area contributed by atoms with Crippen molar-refractivity contribution < 1.29 is 4.74 Å². The molecule has 0 amide bonds. The predicted molar refractivity (Wildman–Crippen MR) is 82.7 cm³/mol. The van der Waals surface area contributed by atoms with E-state index in [1.165, 1.54) is 36.9 Å². The van der Waals surface area contributed by atoms with Crippen LogP contribution < -0.4 is 5.32 Å². The van der Waals surface area contributed by atoms with Gasteiger partial charge in [-0.25, -0.2) is 0 Å².